The van der Waals surface area contributed by atoms with E-state index in [1.165, 1.54) is 7.11 Å². The fourth-order valence-electron chi connectivity index (χ4n) is 3.44. The van der Waals surface area contributed by atoms with Gasteiger partial charge < -0.3 is 19.4 Å². The zero-order valence-corrected chi connectivity index (χ0v) is 16.0. The molecule has 2 heterocycles. The molecular weight excluding hydrogens is 346 g/mol. The molecule has 0 radical (unpaired) electrons. The number of hydrogen-bond donors (Lipinski definition) is 1. The van der Waals surface area contributed by atoms with Crippen LogP contribution < -0.4 is 10.3 Å². The van der Waals surface area contributed by atoms with Crippen molar-refractivity contribution in [2.75, 3.05) is 46.5 Å². The molecule has 1 N–H and O–H groups in total. The van der Waals surface area contributed by atoms with E-state index in [-0.39, 0.29) is 18.1 Å². The molecule has 3 rings (SSSR count). The minimum atomic E-state index is -0.0665. The summed E-state index contributed by atoms with van der Waals surface area (Å²) in [6.45, 7) is 6.21. The zero-order chi connectivity index (χ0) is 19.2. The van der Waals surface area contributed by atoms with Crippen LogP contribution in [-0.4, -0.2) is 67.2 Å². The van der Waals surface area contributed by atoms with E-state index in [0.29, 0.717) is 19.7 Å². The number of methoxy groups -OCH3 is 1. The molecule has 2 aromatic rings. The van der Waals surface area contributed by atoms with Crippen molar-refractivity contribution in [3.05, 3.63) is 40.2 Å². The maximum atomic E-state index is 12.5. The van der Waals surface area contributed by atoms with Crippen LogP contribution in [0.4, 0.5) is 0 Å². The lowest BCUT2D eigenvalue weighted by molar-refractivity contribution is -0.135. The van der Waals surface area contributed by atoms with Crippen LogP contribution in [0, 0.1) is 0 Å². The van der Waals surface area contributed by atoms with Crippen molar-refractivity contribution in [1.29, 1.82) is 0 Å². The van der Waals surface area contributed by atoms with Gasteiger partial charge in [-0.3, -0.25) is 14.5 Å². The summed E-state index contributed by atoms with van der Waals surface area (Å²) in [6.07, 6.45) is 0.884. The predicted molar refractivity (Wildman–Crippen MR) is 104 cm³/mol. The number of hydrogen-bond acceptors (Lipinski definition) is 5. The quantitative estimate of drug-likeness (QED) is 0.833. The smallest absolute Gasteiger partial charge is 0.252 e. The SMILES string of the molecule is CCOc1ccc2[nH]c(=O)c(CN3CCCN(C(=O)COC)CC3)cc2c1. The largest absolute Gasteiger partial charge is 0.494 e. The maximum Gasteiger partial charge on any atom is 0.252 e. The van der Waals surface area contributed by atoms with E-state index in [1.807, 2.05) is 36.1 Å². The monoisotopic (exact) mass is 373 g/mol. The molecule has 146 valence electrons. The number of nitrogens with zero attached hydrogens (tertiary/aromatic N) is 2. The van der Waals surface area contributed by atoms with Gasteiger partial charge in [0, 0.05) is 56.3 Å². The van der Waals surface area contributed by atoms with Crippen molar-refractivity contribution in [2.24, 2.45) is 0 Å². The van der Waals surface area contributed by atoms with Crippen LogP contribution in [0.3, 0.4) is 0 Å². The molecule has 0 bridgehead atoms. The Morgan fingerprint density at radius 1 is 1.19 bits per heavy atom. The van der Waals surface area contributed by atoms with Crippen molar-refractivity contribution in [3.8, 4) is 5.75 Å². The average Bonchev–Trinajstić information content (AvgIpc) is 2.89. The Hall–Kier alpha value is -2.38. The van der Waals surface area contributed by atoms with Gasteiger partial charge >= 0.3 is 0 Å². The van der Waals surface area contributed by atoms with E-state index in [0.717, 1.165) is 48.3 Å². The summed E-state index contributed by atoms with van der Waals surface area (Å²) in [5.74, 6) is 0.816. The number of pyridine rings is 1. The van der Waals surface area contributed by atoms with E-state index in [2.05, 4.69) is 9.88 Å². The first kappa shape index (κ1) is 19.4. The van der Waals surface area contributed by atoms with E-state index in [9.17, 15) is 9.59 Å². The summed E-state index contributed by atoms with van der Waals surface area (Å²) in [5, 5.41) is 0.960. The lowest BCUT2D eigenvalue weighted by Crippen LogP contribution is -2.37. The number of nitrogens with one attached hydrogen (secondary N) is 1. The number of H-pyrrole nitrogens is 1. The van der Waals surface area contributed by atoms with Crippen LogP contribution in [-0.2, 0) is 16.1 Å². The summed E-state index contributed by atoms with van der Waals surface area (Å²) in [6, 6.07) is 7.62. The molecule has 0 aliphatic carbocycles. The highest BCUT2D eigenvalue weighted by Gasteiger charge is 2.19. The number of benzene rings is 1. The Morgan fingerprint density at radius 2 is 2.04 bits per heavy atom. The highest BCUT2D eigenvalue weighted by molar-refractivity contribution is 5.80. The summed E-state index contributed by atoms with van der Waals surface area (Å²) in [4.78, 5) is 31.5. The van der Waals surface area contributed by atoms with Gasteiger partial charge in [-0.05, 0) is 37.6 Å². The molecule has 0 unspecified atom stereocenters. The molecule has 27 heavy (non-hydrogen) atoms. The molecule has 1 saturated heterocycles. The Bertz CT molecular complexity index is 849. The molecule has 1 aromatic heterocycles. The standard InChI is InChI=1S/C20H27N3O4/c1-3-27-17-5-6-18-15(12-17)11-16(20(25)21-18)13-22-7-4-8-23(10-9-22)19(24)14-26-2/h5-6,11-12H,3-4,7-10,13-14H2,1-2H3,(H,21,25). The van der Waals surface area contributed by atoms with Crippen molar-refractivity contribution in [1.82, 2.24) is 14.8 Å². The van der Waals surface area contributed by atoms with Crippen LogP contribution in [0.25, 0.3) is 10.9 Å². The van der Waals surface area contributed by atoms with Gasteiger partial charge in [0.05, 0.1) is 6.61 Å². The molecule has 7 heteroatoms. The second-order valence-corrected chi connectivity index (χ2v) is 6.75. The van der Waals surface area contributed by atoms with Gasteiger partial charge in [-0.2, -0.15) is 0 Å². The first-order chi connectivity index (χ1) is 13.1. The third-order valence-corrected chi connectivity index (χ3v) is 4.81. The lowest BCUT2D eigenvalue weighted by atomic mass is 10.1. The number of amides is 1. The topological polar surface area (TPSA) is 74.9 Å². The number of ether oxygens (including phenoxy) is 2. The summed E-state index contributed by atoms with van der Waals surface area (Å²) >= 11 is 0. The van der Waals surface area contributed by atoms with Crippen LogP contribution in [0.2, 0.25) is 0 Å². The van der Waals surface area contributed by atoms with Crippen molar-refractivity contribution in [2.45, 2.75) is 19.9 Å². The van der Waals surface area contributed by atoms with Gasteiger partial charge in [0.25, 0.3) is 5.56 Å². The Labute approximate surface area is 158 Å². The van der Waals surface area contributed by atoms with E-state index < -0.39 is 0 Å². The second kappa shape index (κ2) is 9.01. The Kier molecular flexibility index (Phi) is 6.47. The van der Waals surface area contributed by atoms with Crippen molar-refractivity contribution in [3.63, 3.8) is 0 Å². The summed E-state index contributed by atoms with van der Waals surface area (Å²) in [5.41, 5.74) is 1.47. The first-order valence-corrected chi connectivity index (χ1v) is 9.38. The molecule has 1 fully saturated rings. The third kappa shape index (κ3) is 4.87. The van der Waals surface area contributed by atoms with Gasteiger partial charge in [-0.25, -0.2) is 0 Å². The minimum absolute atomic E-state index is 0.0198. The van der Waals surface area contributed by atoms with Gasteiger partial charge in [-0.1, -0.05) is 0 Å². The molecule has 0 saturated carbocycles. The fraction of sp³-hybridized carbons (Fsp3) is 0.500. The first-order valence-electron chi connectivity index (χ1n) is 9.38. The molecule has 1 aliphatic heterocycles. The molecule has 1 aliphatic rings. The molecular formula is C20H27N3O4. The molecule has 1 aromatic carbocycles. The van der Waals surface area contributed by atoms with Crippen LogP contribution >= 0.6 is 0 Å². The van der Waals surface area contributed by atoms with Crippen LogP contribution in [0.5, 0.6) is 5.75 Å². The number of aromatic amines is 1. The van der Waals surface area contributed by atoms with E-state index in [4.69, 9.17) is 9.47 Å². The molecule has 0 spiro atoms. The maximum absolute atomic E-state index is 12.5. The summed E-state index contributed by atoms with van der Waals surface area (Å²) in [7, 11) is 1.53. The molecule has 1 amide bonds. The number of rotatable bonds is 6. The lowest BCUT2D eigenvalue weighted by Gasteiger charge is -2.21. The highest BCUT2D eigenvalue weighted by Crippen LogP contribution is 2.20. The third-order valence-electron chi connectivity index (χ3n) is 4.81. The second-order valence-electron chi connectivity index (χ2n) is 6.75. The van der Waals surface area contributed by atoms with Gasteiger partial charge in [0.1, 0.15) is 12.4 Å². The van der Waals surface area contributed by atoms with E-state index >= 15 is 0 Å². The molecule has 7 nitrogen and oxygen atoms in total. The van der Waals surface area contributed by atoms with Gasteiger partial charge in [-0.15, -0.1) is 0 Å². The Balaban J connectivity index is 1.72. The average molecular weight is 373 g/mol. The zero-order valence-electron chi connectivity index (χ0n) is 16.0. The minimum Gasteiger partial charge on any atom is -0.494 e. The van der Waals surface area contributed by atoms with Crippen LogP contribution in [0.15, 0.2) is 29.1 Å². The predicted octanol–water partition coefficient (Wildman–Crippen LogP) is 1.61. The number of fused-ring (bicyclic) bond motifs is 1. The van der Waals surface area contributed by atoms with Crippen LogP contribution in [0.1, 0.15) is 18.9 Å². The van der Waals surface area contributed by atoms with E-state index in [1.54, 1.807) is 0 Å². The summed E-state index contributed by atoms with van der Waals surface area (Å²) < 4.78 is 10.5. The highest BCUT2D eigenvalue weighted by atomic mass is 16.5. The van der Waals surface area contributed by atoms with Gasteiger partial charge in [0.2, 0.25) is 5.91 Å². The van der Waals surface area contributed by atoms with Crippen molar-refractivity contribution >= 4 is 16.8 Å². The molecule has 0 atom stereocenters. The van der Waals surface area contributed by atoms with Crippen molar-refractivity contribution < 1.29 is 14.3 Å². The number of aromatic nitrogens is 1. The van der Waals surface area contributed by atoms with Gasteiger partial charge in [0.15, 0.2) is 0 Å². The Morgan fingerprint density at radius 3 is 2.81 bits per heavy atom. The normalized spacial score (nSPS) is 15.7. The fourth-order valence-corrected chi connectivity index (χ4v) is 3.44. The number of carbonyl (C=O) groups excluding carboxylic acids is 1. The number of carbonyl (C=O) groups is 1.